The Morgan fingerprint density at radius 3 is 2.40 bits per heavy atom. The number of alkyl halides is 1. The Kier molecular flexibility index (Phi) is 8.89. The second kappa shape index (κ2) is 9.03. The van der Waals surface area contributed by atoms with Gasteiger partial charge in [0.2, 0.25) is 0 Å². The Bertz CT molecular complexity index is 192. The molecule has 1 heteroatoms. The van der Waals surface area contributed by atoms with Crippen molar-refractivity contribution in [3.63, 3.8) is 0 Å². The molecule has 0 heterocycles. The molecule has 1 unspecified atom stereocenters. The van der Waals surface area contributed by atoms with E-state index in [9.17, 15) is 0 Å². The second-order valence-corrected chi connectivity index (χ2v) is 5.05. The summed E-state index contributed by atoms with van der Waals surface area (Å²) in [6, 6.07) is 0. The molecule has 0 fully saturated rings. The fourth-order valence-corrected chi connectivity index (χ4v) is 1.76. The Balaban J connectivity index is 3.69. The lowest BCUT2D eigenvalue weighted by atomic mass is 9.96. The molecule has 0 nitrogen and oxygen atoms in total. The molecule has 0 aromatic carbocycles. The van der Waals surface area contributed by atoms with Gasteiger partial charge in [0, 0.05) is 5.88 Å². The number of halogens is 1. The van der Waals surface area contributed by atoms with Gasteiger partial charge in [-0.2, -0.15) is 0 Å². The standard InChI is InChI=1S/C14H25Cl/c1-5-14(11-15)10-9-13(4)8-6-7-12(2)3/h5,10,12-13H,1,6-9,11H2,2-4H3/b14-10-. The molecule has 0 radical (unpaired) electrons. The van der Waals surface area contributed by atoms with Gasteiger partial charge < -0.3 is 0 Å². The van der Waals surface area contributed by atoms with Crippen LogP contribution in [0.2, 0.25) is 0 Å². The van der Waals surface area contributed by atoms with Crippen molar-refractivity contribution < 1.29 is 0 Å². The fraction of sp³-hybridized carbons (Fsp3) is 0.714. The van der Waals surface area contributed by atoms with Gasteiger partial charge in [-0.1, -0.05) is 58.8 Å². The van der Waals surface area contributed by atoms with Crippen molar-refractivity contribution in [1.82, 2.24) is 0 Å². The minimum atomic E-state index is 0.586. The average molecular weight is 229 g/mol. The van der Waals surface area contributed by atoms with Crippen LogP contribution in [0.1, 0.15) is 46.5 Å². The van der Waals surface area contributed by atoms with Gasteiger partial charge in [0.15, 0.2) is 0 Å². The van der Waals surface area contributed by atoms with Crippen molar-refractivity contribution in [2.24, 2.45) is 11.8 Å². The Labute approximate surface area is 100 Å². The van der Waals surface area contributed by atoms with Crippen molar-refractivity contribution in [3.8, 4) is 0 Å². The van der Waals surface area contributed by atoms with Crippen LogP contribution in [0, 0.1) is 11.8 Å². The molecular formula is C14H25Cl. The lowest BCUT2D eigenvalue weighted by Gasteiger charge is -2.10. The second-order valence-electron chi connectivity index (χ2n) is 4.78. The Morgan fingerprint density at radius 1 is 1.27 bits per heavy atom. The zero-order valence-corrected chi connectivity index (χ0v) is 11.2. The van der Waals surface area contributed by atoms with E-state index in [1.807, 2.05) is 6.08 Å². The van der Waals surface area contributed by atoms with Crippen LogP contribution in [-0.2, 0) is 0 Å². The predicted octanol–water partition coefficient (Wildman–Crippen LogP) is 5.19. The van der Waals surface area contributed by atoms with Crippen LogP contribution in [0.25, 0.3) is 0 Å². The van der Waals surface area contributed by atoms with Crippen molar-refractivity contribution >= 4 is 11.6 Å². The van der Waals surface area contributed by atoms with Crippen molar-refractivity contribution in [2.75, 3.05) is 5.88 Å². The first kappa shape index (κ1) is 14.8. The summed E-state index contributed by atoms with van der Waals surface area (Å²) in [5, 5.41) is 0. The van der Waals surface area contributed by atoms with Gasteiger partial charge >= 0.3 is 0 Å². The molecule has 0 amide bonds. The monoisotopic (exact) mass is 228 g/mol. The Morgan fingerprint density at radius 2 is 1.93 bits per heavy atom. The molecule has 88 valence electrons. The SMILES string of the molecule is C=C/C(=C/CC(C)CCCC(C)C)CCl. The van der Waals surface area contributed by atoms with E-state index in [-0.39, 0.29) is 0 Å². The highest BCUT2D eigenvalue weighted by Crippen LogP contribution is 2.16. The molecule has 0 bridgehead atoms. The molecule has 15 heavy (non-hydrogen) atoms. The summed E-state index contributed by atoms with van der Waals surface area (Å²) in [6.45, 7) is 10.6. The van der Waals surface area contributed by atoms with Gasteiger partial charge in [-0.15, -0.1) is 11.6 Å². The highest BCUT2D eigenvalue weighted by molar-refractivity contribution is 6.19. The largest absolute Gasteiger partial charge is 0.122 e. The molecule has 0 saturated heterocycles. The maximum Gasteiger partial charge on any atom is 0.0470 e. The van der Waals surface area contributed by atoms with Crippen LogP contribution in [0.3, 0.4) is 0 Å². The van der Waals surface area contributed by atoms with Crippen LogP contribution in [0.15, 0.2) is 24.3 Å². The van der Waals surface area contributed by atoms with Crippen LogP contribution in [-0.4, -0.2) is 5.88 Å². The molecule has 0 spiro atoms. The van der Waals surface area contributed by atoms with E-state index in [1.54, 1.807) is 0 Å². The van der Waals surface area contributed by atoms with Crippen LogP contribution < -0.4 is 0 Å². The van der Waals surface area contributed by atoms with Crippen LogP contribution >= 0.6 is 11.6 Å². The third-order valence-corrected chi connectivity index (χ3v) is 2.99. The third-order valence-electron chi connectivity index (χ3n) is 2.68. The van der Waals surface area contributed by atoms with E-state index in [2.05, 4.69) is 33.4 Å². The minimum Gasteiger partial charge on any atom is -0.122 e. The van der Waals surface area contributed by atoms with Crippen molar-refractivity contribution in [1.29, 1.82) is 0 Å². The number of allylic oxidation sites excluding steroid dienone is 3. The summed E-state index contributed by atoms with van der Waals surface area (Å²) < 4.78 is 0. The van der Waals surface area contributed by atoms with Gasteiger partial charge in [-0.25, -0.2) is 0 Å². The minimum absolute atomic E-state index is 0.586. The van der Waals surface area contributed by atoms with Gasteiger partial charge in [-0.05, 0) is 23.8 Å². The number of hydrogen-bond donors (Lipinski definition) is 0. The first-order chi connectivity index (χ1) is 7.10. The molecule has 0 aromatic rings. The van der Waals surface area contributed by atoms with Crippen LogP contribution in [0.4, 0.5) is 0 Å². The van der Waals surface area contributed by atoms with Crippen molar-refractivity contribution in [2.45, 2.75) is 46.5 Å². The normalized spacial score (nSPS) is 14.3. The summed E-state index contributed by atoms with van der Waals surface area (Å²) in [6.07, 6.45) is 9.22. The van der Waals surface area contributed by atoms with E-state index in [0.717, 1.165) is 23.8 Å². The Hall–Kier alpha value is -0.230. The number of rotatable bonds is 8. The van der Waals surface area contributed by atoms with Gasteiger partial charge in [0.25, 0.3) is 0 Å². The zero-order valence-electron chi connectivity index (χ0n) is 10.4. The van der Waals surface area contributed by atoms with E-state index in [4.69, 9.17) is 11.6 Å². The third kappa shape index (κ3) is 8.74. The van der Waals surface area contributed by atoms with E-state index < -0.39 is 0 Å². The van der Waals surface area contributed by atoms with Crippen molar-refractivity contribution in [3.05, 3.63) is 24.3 Å². The zero-order chi connectivity index (χ0) is 11.7. The van der Waals surface area contributed by atoms with Gasteiger partial charge in [0.05, 0.1) is 0 Å². The molecule has 0 N–H and O–H groups in total. The summed E-state index contributed by atoms with van der Waals surface area (Å²) in [7, 11) is 0. The lowest BCUT2D eigenvalue weighted by Crippen LogP contribution is -1.96. The average Bonchev–Trinajstić information content (AvgIpc) is 2.18. The molecule has 1 atom stereocenters. The van der Waals surface area contributed by atoms with Gasteiger partial charge in [0.1, 0.15) is 0 Å². The van der Waals surface area contributed by atoms with E-state index >= 15 is 0 Å². The topological polar surface area (TPSA) is 0 Å². The van der Waals surface area contributed by atoms with Gasteiger partial charge in [-0.3, -0.25) is 0 Å². The highest BCUT2D eigenvalue weighted by atomic mass is 35.5. The maximum absolute atomic E-state index is 5.76. The molecule has 0 aromatic heterocycles. The maximum atomic E-state index is 5.76. The summed E-state index contributed by atoms with van der Waals surface area (Å²) in [5.41, 5.74) is 1.16. The summed E-state index contributed by atoms with van der Waals surface area (Å²) >= 11 is 5.76. The molecule has 0 aliphatic rings. The van der Waals surface area contributed by atoms with Crippen LogP contribution in [0.5, 0.6) is 0 Å². The lowest BCUT2D eigenvalue weighted by molar-refractivity contribution is 0.460. The summed E-state index contributed by atoms with van der Waals surface area (Å²) in [4.78, 5) is 0. The molecule has 0 rings (SSSR count). The molecule has 0 aliphatic carbocycles. The quantitative estimate of drug-likeness (QED) is 0.396. The molecular weight excluding hydrogens is 204 g/mol. The summed E-state index contributed by atoms with van der Waals surface area (Å²) in [5.74, 6) is 2.18. The first-order valence-electron chi connectivity index (χ1n) is 5.97. The molecule has 0 aliphatic heterocycles. The first-order valence-corrected chi connectivity index (χ1v) is 6.51. The smallest absolute Gasteiger partial charge is 0.0470 e. The highest BCUT2D eigenvalue weighted by Gasteiger charge is 2.01. The molecule has 0 saturated carbocycles. The number of hydrogen-bond acceptors (Lipinski definition) is 0. The predicted molar refractivity (Wildman–Crippen MR) is 71.5 cm³/mol. The fourth-order valence-electron chi connectivity index (χ4n) is 1.54. The van der Waals surface area contributed by atoms with E-state index in [1.165, 1.54) is 19.3 Å². The van der Waals surface area contributed by atoms with E-state index in [0.29, 0.717) is 5.88 Å².